The van der Waals surface area contributed by atoms with Gasteiger partial charge in [0.15, 0.2) is 11.5 Å². The zero-order valence-corrected chi connectivity index (χ0v) is 14.1. The van der Waals surface area contributed by atoms with Crippen LogP contribution in [0.4, 0.5) is 10.5 Å². The van der Waals surface area contributed by atoms with Gasteiger partial charge in [0.1, 0.15) is 0 Å². The van der Waals surface area contributed by atoms with Crippen LogP contribution in [0.1, 0.15) is 18.4 Å². The summed E-state index contributed by atoms with van der Waals surface area (Å²) in [4.78, 5) is 23.2. The summed E-state index contributed by atoms with van der Waals surface area (Å²) in [5.41, 5.74) is 1.61. The average Bonchev–Trinajstić information content (AvgIpc) is 3.08. The van der Waals surface area contributed by atoms with Crippen molar-refractivity contribution in [1.82, 2.24) is 5.32 Å². The SMILES string of the molecule is O=C(O)CCC(Cc1ccccc1)NC(=O)Nc1ccc2c(c1)OCO2. The summed E-state index contributed by atoms with van der Waals surface area (Å²) < 4.78 is 10.5. The summed E-state index contributed by atoms with van der Waals surface area (Å²) >= 11 is 0. The van der Waals surface area contributed by atoms with Crippen LogP contribution in [0.2, 0.25) is 0 Å². The maximum atomic E-state index is 12.3. The van der Waals surface area contributed by atoms with Crippen LogP contribution in [0, 0.1) is 0 Å². The number of carbonyl (C=O) groups excluding carboxylic acids is 1. The fourth-order valence-corrected chi connectivity index (χ4v) is 2.75. The minimum atomic E-state index is -0.888. The maximum Gasteiger partial charge on any atom is 0.319 e. The zero-order chi connectivity index (χ0) is 18.4. The second-order valence-corrected chi connectivity index (χ2v) is 5.99. The summed E-state index contributed by atoms with van der Waals surface area (Å²) in [6.07, 6.45) is 0.892. The molecule has 26 heavy (non-hydrogen) atoms. The van der Waals surface area contributed by atoms with E-state index >= 15 is 0 Å². The van der Waals surface area contributed by atoms with Crippen molar-refractivity contribution in [1.29, 1.82) is 0 Å². The number of carboxylic acid groups (broad SMARTS) is 1. The van der Waals surface area contributed by atoms with Crippen molar-refractivity contribution in [2.45, 2.75) is 25.3 Å². The maximum absolute atomic E-state index is 12.3. The van der Waals surface area contributed by atoms with E-state index in [-0.39, 0.29) is 19.3 Å². The third-order valence-corrected chi connectivity index (χ3v) is 4.00. The molecule has 3 rings (SSSR count). The van der Waals surface area contributed by atoms with Crippen LogP contribution >= 0.6 is 0 Å². The normalized spacial score (nSPS) is 13.1. The molecule has 3 N–H and O–H groups in total. The number of carbonyl (C=O) groups is 2. The molecule has 0 bridgehead atoms. The minimum absolute atomic E-state index is 0.0121. The lowest BCUT2D eigenvalue weighted by Crippen LogP contribution is -2.39. The fraction of sp³-hybridized carbons (Fsp3) is 0.263. The summed E-state index contributed by atoms with van der Waals surface area (Å²) in [5, 5.41) is 14.5. The van der Waals surface area contributed by atoms with Gasteiger partial charge in [-0.1, -0.05) is 30.3 Å². The van der Waals surface area contributed by atoms with Gasteiger partial charge in [-0.15, -0.1) is 0 Å². The highest BCUT2D eigenvalue weighted by Crippen LogP contribution is 2.34. The predicted molar refractivity (Wildman–Crippen MR) is 95.5 cm³/mol. The van der Waals surface area contributed by atoms with Crippen LogP contribution in [0.3, 0.4) is 0 Å². The van der Waals surface area contributed by atoms with E-state index in [1.165, 1.54) is 0 Å². The Morgan fingerprint density at radius 1 is 1.08 bits per heavy atom. The van der Waals surface area contributed by atoms with E-state index in [0.29, 0.717) is 30.0 Å². The molecule has 0 saturated carbocycles. The van der Waals surface area contributed by atoms with E-state index in [1.807, 2.05) is 30.3 Å². The second-order valence-electron chi connectivity index (χ2n) is 5.99. The Hall–Kier alpha value is -3.22. The van der Waals surface area contributed by atoms with E-state index < -0.39 is 12.0 Å². The first-order chi connectivity index (χ1) is 12.6. The number of benzene rings is 2. The van der Waals surface area contributed by atoms with Crippen LogP contribution in [0.15, 0.2) is 48.5 Å². The van der Waals surface area contributed by atoms with Gasteiger partial charge < -0.3 is 25.2 Å². The predicted octanol–water partition coefficient (Wildman–Crippen LogP) is 3.01. The Morgan fingerprint density at radius 3 is 2.62 bits per heavy atom. The number of aliphatic carboxylic acids is 1. The van der Waals surface area contributed by atoms with Crippen LogP contribution < -0.4 is 20.1 Å². The van der Waals surface area contributed by atoms with Gasteiger partial charge in [-0.3, -0.25) is 4.79 Å². The molecule has 7 nitrogen and oxygen atoms in total. The van der Waals surface area contributed by atoms with Gasteiger partial charge in [0, 0.05) is 24.2 Å². The molecule has 136 valence electrons. The molecular formula is C19H20N2O5. The van der Waals surface area contributed by atoms with Gasteiger partial charge >= 0.3 is 12.0 Å². The van der Waals surface area contributed by atoms with Gasteiger partial charge in [-0.2, -0.15) is 0 Å². The quantitative estimate of drug-likeness (QED) is 0.709. The number of nitrogens with one attached hydrogen (secondary N) is 2. The number of carboxylic acids is 1. The number of ether oxygens (including phenoxy) is 2. The molecular weight excluding hydrogens is 336 g/mol. The van der Waals surface area contributed by atoms with Crippen molar-refractivity contribution >= 4 is 17.7 Å². The summed E-state index contributed by atoms with van der Waals surface area (Å²) in [5.74, 6) is 0.329. The van der Waals surface area contributed by atoms with Gasteiger partial charge in [-0.25, -0.2) is 4.79 Å². The third kappa shape index (κ3) is 4.89. The van der Waals surface area contributed by atoms with Crippen LogP contribution in [-0.2, 0) is 11.2 Å². The lowest BCUT2D eigenvalue weighted by Gasteiger charge is -2.19. The molecule has 0 radical (unpaired) electrons. The largest absolute Gasteiger partial charge is 0.481 e. The van der Waals surface area contributed by atoms with E-state index in [1.54, 1.807) is 18.2 Å². The third-order valence-electron chi connectivity index (χ3n) is 4.00. The highest BCUT2D eigenvalue weighted by atomic mass is 16.7. The Bertz CT molecular complexity index is 779. The van der Waals surface area contributed by atoms with Gasteiger partial charge in [0.25, 0.3) is 0 Å². The highest BCUT2D eigenvalue weighted by Gasteiger charge is 2.17. The number of hydrogen-bond acceptors (Lipinski definition) is 4. The van der Waals surface area contributed by atoms with E-state index in [9.17, 15) is 9.59 Å². The molecule has 1 heterocycles. The lowest BCUT2D eigenvalue weighted by molar-refractivity contribution is -0.137. The molecule has 0 aliphatic carbocycles. The van der Waals surface area contributed by atoms with E-state index in [0.717, 1.165) is 5.56 Å². The number of rotatable bonds is 7. The summed E-state index contributed by atoms with van der Waals surface area (Å²) in [6.45, 7) is 0.166. The van der Waals surface area contributed by atoms with E-state index in [2.05, 4.69) is 10.6 Å². The molecule has 0 aromatic heterocycles. The fourth-order valence-electron chi connectivity index (χ4n) is 2.75. The number of amides is 2. The molecule has 0 spiro atoms. The monoisotopic (exact) mass is 356 g/mol. The van der Waals surface area contributed by atoms with Crippen molar-refractivity contribution < 1.29 is 24.2 Å². The van der Waals surface area contributed by atoms with Gasteiger partial charge in [0.05, 0.1) is 0 Å². The standard InChI is InChI=1S/C19H20N2O5/c22-18(23)9-7-14(10-13-4-2-1-3-5-13)20-19(24)21-15-6-8-16-17(11-15)26-12-25-16/h1-6,8,11,14H,7,9-10,12H2,(H,22,23)(H2,20,21,24). The average molecular weight is 356 g/mol. The number of anilines is 1. The second kappa shape index (κ2) is 8.24. The first-order valence-electron chi connectivity index (χ1n) is 8.33. The van der Waals surface area contributed by atoms with Crippen LogP contribution in [-0.4, -0.2) is 29.9 Å². The number of hydrogen-bond donors (Lipinski definition) is 3. The number of urea groups is 1. The topological polar surface area (TPSA) is 96.9 Å². The van der Waals surface area contributed by atoms with Crippen molar-refractivity contribution in [2.24, 2.45) is 0 Å². The van der Waals surface area contributed by atoms with Crippen molar-refractivity contribution in [2.75, 3.05) is 12.1 Å². The lowest BCUT2D eigenvalue weighted by atomic mass is 10.0. The van der Waals surface area contributed by atoms with Gasteiger partial charge in [0.2, 0.25) is 6.79 Å². The minimum Gasteiger partial charge on any atom is -0.481 e. The summed E-state index contributed by atoms with van der Waals surface area (Å²) in [7, 11) is 0. The number of fused-ring (bicyclic) bond motifs is 1. The Labute approximate surface area is 150 Å². The molecule has 1 atom stereocenters. The van der Waals surface area contributed by atoms with E-state index in [4.69, 9.17) is 14.6 Å². The smallest absolute Gasteiger partial charge is 0.319 e. The van der Waals surface area contributed by atoms with Gasteiger partial charge in [-0.05, 0) is 30.5 Å². The van der Waals surface area contributed by atoms with Crippen LogP contribution in [0.5, 0.6) is 11.5 Å². The van der Waals surface area contributed by atoms with Crippen molar-refractivity contribution in [3.8, 4) is 11.5 Å². The molecule has 0 fully saturated rings. The molecule has 1 aliphatic heterocycles. The highest BCUT2D eigenvalue weighted by molar-refractivity contribution is 5.90. The molecule has 2 amide bonds. The first kappa shape index (κ1) is 17.6. The Morgan fingerprint density at radius 2 is 1.85 bits per heavy atom. The molecule has 1 unspecified atom stereocenters. The van der Waals surface area contributed by atoms with Crippen LogP contribution in [0.25, 0.3) is 0 Å². The molecule has 1 aliphatic rings. The Balaban J connectivity index is 1.61. The zero-order valence-electron chi connectivity index (χ0n) is 14.1. The molecule has 2 aromatic carbocycles. The molecule has 2 aromatic rings. The first-order valence-corrected chi connectivity index (χ1v) is 8.33. The van der Waals surface area contributed by atoms with Crippen molar-refractivity contribution in [3.63, 3.8) is 0 Å². The molecule has 7 heteroatoms. The Kier molecular flexibility index (Phi) is 5.58. The molecule has 0 saturated heterocycles. The summed E-state index contributed by atoms with van der Waals surface area (Å²) in [6, 6.07) is 14.1. The van der Waals surface area contributed by atoms with Crippen molar-refractivity contribution in [3.05, 3.63) is 54.1 Å².